The standard InChI is InChI=1S/C31H42N2O5/c1-6-8-20-33(30(35)22-38-27-15-13-26(34)14-16-27)29-21-25(12-17-28(29)31(36)37-7-2)32-19-18-24(5)11-9-10-23(3)4/h10,12-18,21,32,34H,6-9,11,19-20,22H2,1-5H3/b24-18+. The molecule has 2 aromatic rings. The van der Waals surface area contributed by atoms with Gasteiger partial charge in [0.2, 0.25) is 0 Å². The minimum Gasteiger partial charge on any atom is -0.508 e. The van der Waals surface area contributed by atoms with Gasteiger partial charge in [-0.3, -0.25) is 4.79 Å². The summed E-state index contributed by atoms with van der Waals surface area (Å²) >= 11 is 0. The van der Waals surface area contributed by atoms with Gasteiger partial charge in [-0.05, 0) is 89.4 Å². The molecule has 1 amide bonds. The maximum Gasteiger partial charge on any atom is 0.340 e. The van der Waals surface area contributed by atoms with E-state index in [1.54, 1.807) is 30.0 Å². The lowest BCUT2D eigenvalue weighted by Gasteiger charge is -2.25. The number of rotatable bonds is 15. The van der Waals surface area contributed by atoms with Crippen LogP contribution < -0.4 is 15.0 Å². The molecular formula is C31H42N2O5. The van der Waals surface area contributed by atoms with E-state index < -0.39 is 5.97 Å². The van der Waals surface area contributed by atoms with Crippen molar-refractivity contribution in [2.24, 2.45) is 0 Å². The van der Waals surface area contributed by atoms with E-state index >= 15 is 0 Å². The van der Waals surface area contributed by atoms with Crippen LogP contribution >= 0.6 is 0 Å². The van der Waals surface area contributed by atoms with Gasteiger partial charge in [-0.1, -0.05) is 36.6 Å². The quantitative estimate of drug-likeness (QED) is 0.196. The normalized spacial score (nSPS) is 11.0. The van der Waals surface area contributed by atoms with Crippen molar-refractivity contribution in [1.29, 1.82) is 0 Å². The molecule has 0 aliphatic carbocycles. The van der Waals surface area contributed by atoms with Crippen LogP contribution in [-0.4, -0.2) is 43.3 Å². The Kier molecular flexibility index (Phi) is 13.0. The van der Waals surface area contributed by atoms with Gasteiger partial charge in [0.1, 0.15) is 11.5 Å². The highest BCUT2D eigenvalue weighted by molar-refractivity contribution is 6.03. The molecule has 0 heterocycles. The first kappa shape index (κ1) is 30.5. The third kappa shape index (κ3) is 10.3. The Morgan fingerprint density at radius 2 is 1.76 bits per heavy atom. The average Bonchev–Trinajstić information content (AvgIpc) is 2.88. The number of amides is 1. The van der Waals surface area contributed by atoms with Gasteiger partial charge in [0.25, 0.3) is 5.91 Å². The summed E-state index contributed by atoms with van der Waals surface area (Å²) in [5.74, 6) is -0.156. The van der Waals surface area contributed by atoms with Crippen LogP contribution in [0.2, 0.25) is 0 Å². The highest BCUT2D eigenvalue weighted by atomic mass is 16.5. The fourth-order valence-corrected chi connectivity index (χ4v) is 3.74. The molecule has 0 saturated heterocycles. The van der Waals surface area contributed by atoms with E-state index in [1.807, 2.05) is 19.1 Å². The highest BCUT2D eigenvalue weighted by Crippen LogP contribution is 2.27. The highest BCUT2D eigenvalue weighted by Gasteiger charge is 2.23. The number of esters is 1. The third-order valence-corrected chi connectivity index (χ3v) is 5.87. The van der Waals surface area contributed by atoms with Crippen molar-refractivity contribution in [3.63, 3.8) is 0 Å². The van der Waals surface area contributed by atoms with Gasteiger partial charge in [0, 0.05) is 18.8 Å². The number of phenolic OH excluding ortho intramolecular Hbond substituents is 1. The van der Waals surface area contributed by atoms with Crippen LogP contribution in [0, 0.1) is 0 Å². The van der Waals surface area contributed by atoms with E-state index in [0.717, 1.165) is 31.4 Å². The molecule has 0 radical (unpaired) electrons. The summed E-state index contributed by atoms with van der Waals surface area (Å²) in [5, 5.41) is 12.9. The lowest BCUT2D eigenvalue weighted by Crippen LogP contribution is -2.37. The molecule has 0 unspecified atom stereocenters. The van der Waals surface area contributed by atoms with Gasteiger partial charge < -0.3 is 24.8 Å². The van der Waals surface area contributed by atoms with Crippen molar-refractivity contribution in [3.05, 3.63) is 71.3 Å². The molecule has 0 bridgehead atoms. The van der Waals surface area contributed by atoms with Crippen LogP contribution in [0.15, 0.2) is 65.8 Å². The molecular weight excluding hydrogens is 480 g/mol. The summed E-state index contributed by atoms with van der Waals surface area (Å²) in [5.41, 5.74) is 4.24. The minimum absolute atomic E-state index is 0.120. The van der Waals surface area contributed by atoms with Gasteiger partial charge in [-0.15, -0.1) is 0 Å². The molecule has 2 N–H and O–H groups in total. The van der Waals surface area contributed by atoms with Crippen molar-refractivity contribution in [2.45, 2.75) is 60.3 Å². The molecule has 7 nitrogen and oxygen atoms in total. The summed E-state index contributed by atoms with van der Waals surface area (Å²) in [6, 6.07) is 11.6. The Morgan fingerprint density at radius 3 is 2.42 bits per heavy atom. The molecule has 0 fully saturated rings. The first-order valence-electron chi connectivity index (χ1n) is 13.3. The lowest BCUT2D eigenvalue weighted by atomic mass is 10.1. The number of unbranched alkanes of at least 4 members (excludes halogenated alkanes) is 1. The summed E-state index contributed by atoms with van der Waals surface area (Å²) in [4.78, 5) is 27.7. The molecule has 38 heavy (non-hydrogen) atoms. The van der Waals surface area contributed by atoms with Crippen molar-refractivity contribution >= 4 is 23.3 Å². The number of hydrogen-bond acceptors (Lipinski definition) is 6. The molecule has 2 rings (SSSR count). The van der Waals surface area contributed by atoms with Gasteiger partial charge in [0.05, 0.1) is 17.9 Å². The van der Waals surface area contributed by atoms with E-state index in [2.05, 4.69) is 38.2 Å². The monoisotopic (exact) mass is 522 g/mol. The maximum atomic E-state index is 13.4. The SMILES string of the molecule is CCCCN(C(=O)COc1ccc(O)cc1)c1cc(NC/C=C(\C)CCC=C(C)C)ccc1C(=O)OCC. The number of allylic oxidation sites excluding steroid dienone is 3. The largest absolute Gasteiger partial charge is 0.508 e. The first-order valence-corrected chi connectivity index (χ1v) is 13.3. The second kappa shape index (κ2) is 16.2. The number of ether oxygens (including phenoxy) is 2. The van der Waals surface area contributed by atoms with Crippen LogP contribution in [0.5, 0.6) is 11.5 Å². The van der Waals surface area contributed by atoms with Crippen molar-refractivity contribution < 1.29 is 24.2 Å². The maximum absolute atomic E-state index is 13.4. The molecule has 0 aliphatic rings. The van der Waals surface area contributed by atoms with Crippen LogP contribution in [0.1, 0.15) is 70.7 Å². The number of benzene rings is 2. The van der Waals surface area contributed by atoms with E-state index in [0.29, 0.717) is 30.1 Å². The molecule has 7 heteroatoms. The number of nitrogens with one attached hydrogen (secondary N) is 1. The number of carbonyl (C=O) groups excluding carboxylic acids is 2. The van der Waals surface area contributed by atoms with Crippen molar-refractivity contribution in [3.8, 4) is 11.5 Å². The molecule has 0 spiro atoms. The molecule has 206 valence electrons. The smallest absolute Gasteiger partial charge is 0.340 e. The summed E-state index contributed by atoms with van der Waals surface area (Å²) in [6.07, 6.45) is 8.05. The molecule has 0 aromatic heterocycles. The van der Waals surface area contributed by atoms with Crippen LogP contribution in [0.3, 0.4) is 0 Å². The summed E-state index contributed by atoms with van der Waals surface area (Å²) in [6.45, 7) is 11.2. The van der Waals surface area contributed by atoms with Crippen molar-refractivity contribution in [2.75, 3.05) is 36.5 Å². The Bertz CT molecular complexity index is 1100. The minimum atomic E-state index is -0.474. The van der Waals surface area contributed by atoms with Crippen LogP contribution in [0.4, 0.5) is 11.4 Å². The summed E-state index contributed by atoms with van der Waals surface area (Å²) < 4.78 is 11.0. The number of phenols is 1. The number of nitrogens with zero attached hydrogens (tertiary/aromatic N) is 1. The summed E-state index contributed by atoms with van der Waals surface area (Å²) in [7, 11) is 0. The fraction of sp³-hybridized carbons (Fsp3) is 0.419. The first-order chi connectivity index (χ1) is 18.2. The van der Waals surface area contributed by atoms with Gasteiger partial charge in [0.15, 0.2) is 6.61 Å². The predicted octanol–water partition coefficient (Wildman–Crippen LogP) is 6.89. The van der Waals surface area contributed by atoms with E-state index in [1.165, 1.54) is 23.3 Å². The molecule has 0 saturated carbocycles. The third-order valence-electron chi connectivity index (χ3n) is 5.87. The molecule has 0 aliphatic heterocycles. The van der Waals surface area contributed by atoms with Crippen LogP contribution in [0.25, 0.3) is 0 Å². The topological polar surface area (TPSA) is 88.1 Å². The van der Waals surface area contributed by atoms with E-state index in [-0.39, 0.29) is 24.9 Å². The van der Waals surface area contributed by atoms with Crippen molar-refractivity contribution in [1.82, 2.24) is 0 Å². The second-order valence-corrected chi connectivity index (χ2v) is 9.39. The van der Waals surface area contributed by atoms with Gasteiger partial charge in [-0.2, -0.15) is 0 Å². The zero-order chi connectivity index (χ0) is 27.9. The average molecular weight is 523 g/mol. The predicted molar refractivity (Wildman–Crippen MR) is 154 cm³/mol. The van der Waals surface area contributed by atoms with Gasteiger partial charge in [-0.25, -0.2) is 4.79 Å². The lowest BCUT2D eigenvalue weighted by molar-refractivity contribution is -0.120. The van der Waals surface area contributed by atoms with E-state index in [4.69, 9.17) is 9.47 Å². The fourth-order valence-electron chi connectivity index (χ4n) is 3.74. The Hall–Kier alpha value is -3.74. The number of aromatic hydroxyl groups is 1. The number of hydrogen-bond donors (Lipinski definition) is 2. The van der Waals surface area contributed by atoms with Gasteiger partial charge >= 0.3 is 5.97 Å². The zero-order valence-corrected chi connectivity index (χ0v) is 23.4. The second-order valence-electron chi connectivity index (χ2n) is 9.39. The number of carbonyl (C=O) groups is 2. The Balaban J connectivity index is 2.26. The Morgan fingerprint density at radius 1 is 1.03 bits per heavy atom. The molecule has 2 aromatic carbocycles. The van der Waals surface area contributed by atoms with Crippen LogP contribution in [-0.2, 0) is 9.53 Å². The zero-order valence-electron chi connectivity index (χ0n) is 23.4. The van der Waals surface area contributed by atoms with E-state index in [9.17, 15) is 14.7 Å². The number of anilines is 2. The molecule has 0 atom stereocenters. The Labute approximate surface area is 227 Å².